The molecule has 1 aliphatic rings. The molecule has 0 bridgehead atoms. The lowest BCUT2D eigenvalue weighted by molar-refractivity contribution is 0.0374. The molecule has 2 heterocycles. The van der Waals surface area contributed by atoms with Crippen molar-refractivity contribution in [2.75, 3.05) is 39.4 Å². The highest BCUT2D eigenvalue weighted by atomic mass is 16.5. The molecule has 0 aliphatic carbocycles. The molecule has 0 atom stereocenters. The summed E-state index contributed by atoms with van der Waals surface area (Å²) < 4.78 is 11.0. The highest BCUT2D eigenvalue weighted by molar-refractivity contribution is 5.52. The molecule has 0 unspecified atom stereocenters. The van der Waals surface area contributed by atoms with E-state index in [9.17, 15) is 0 Å². The maximum absolute atomic E-state index is 5.69. The van der Waals surface area contributed by atoms with E-state index >= 15 is 0 Å². The average molecular weight is 316 g/mol. The number of nitrogens with zero attached hydrogens (tertiary/aromatic N) is 3. The minimum Gasteiger partial charge on any atom is -0.419 e. The molecular weight excluding hydrogens is 292 g/mol. The molecule has 1 aliphatic heterocycles. The van der Waals surface area contributed by atoms with Gasteiger partial charge in [-0.05, 0) is 38.6 Å². The Morgan fingerprint density at radius 1 is 1.13 bits per heavy atom. The van der Waals surface area contributed by atoms with Gasteiger partial charge in [0.25, 0.3) is 0 Å². The van der Waals surface area contributed by atoms with E-state index in [1.165, 1.54) is 5.56 Å². The van der Waals surface area contributed by atoms with Crippen LogP contribution in [0.15, 0.2) is 28.7 Å². The summed E-state index contributed by atoms with van der Waals surface area (Å²) in [7, 11) is 0. The van der Waals surface area contributed by atoms with Gasteiger partial charge in [-0.1, -0.05) is 17.7 Å². The third-order valence-corrected chi connectivity index (χ3v) is 3.97. The molecule has 0 saturated carbocycles. The Labute approximate surface area is 136 Å². The lowest BCUT2D eigenvalue weighted by Gasteiger charge is -2.26. The van der Waals surface area contributed by atoms with Crippen LogP contribution in [0.4, 0.5) is 0 Å². The van der Waals surface area contributed by atoms with Crippen molar-refractivity contribution in [2.45, 2.75) is 19.9 Å². The number of ether oxygens (including phenoxy) is 1. The Kier molecular flexibility index (Phi) is 5.74. The zero-order valence-electron chi connectivity index (χ0n) is 13.6. The zero-order chi connectivity index (χ0) is 15.9. The standard InChI is InChI=1S/C17H24N4O2/c1-14-3-5-15(6-4-14)17-20-19-16(23-17)13-18-7-2-8-21-9-11-22-12-10-21/h3-6,18H,2,7-13H2,1H3. The Morgan fingerprint density at radius 3 is 2.70 bits per heavy atom. The third-order valence-electron chi connectivity index (χ3n) is 3.97. The summed E-state index contributed by atoms with van der Waals surface area (Å²) >= 11 is 0. The van der Waals surface area contributed by atoms with Gasteiger partial charge in [0.1, 0.15) is 0 Å². The van der Waals surface area contributed by atoms with Gasteiger partial charge in [0.05, 0.1) is 19.8 Å². The van der Waals surface area contributed by atoms with E-state index in [0.717, 1.165) is 51.4 Å². The van der Waals surface area contributed by atoms with Crippen molar-refractivity contribution in [3.05, 3.63) is 35.7 Å². The van der Waals surface area contributed by atoms with E-state index in [1.54, 1.807) is 0 Å². The molecule has 124 valence electrons. The van der Waals surface area contributed by atoms with Crippen LogP contribution in [0.2, 0.25) is 0 Å². The van der Waals surface area contributed by atoms with Crippen LogP contribution in [-0.4, -0.2) is 54.5 Å². The lowest BCUT2D eigenvalue weighted by atomic mass is 10.1. The fraction of sp³-hybridized carbons (Fsp3) is 0.529. The Bertz CT molecular complexity index is 591. The molecule has 2 aromatic rings. The number of nitrogens with one attached hydrogen (secondary N) is 1. The van der Waals surface area contributed by atoms with E-state index in [2.05, 4.69) is 27.3 Å². The first-order chi connectivity index (χ1) is 11.3. The second-order valence-electron chi connectivity index (χ2n) is 5.85. The molecule has 1 aromatic heterocycles. The van der Waals surface area contributed by atoms with Gasteiger partial charge in [-0.25, -0.2) is 0 Å². The molecule has 1 saturated heterocycles. The predicted molar refractivity (Wildman–Crippen MR) is 88.1 cm³/mol. The summed E-state index contributed by atoms with van der Waals surface area (Å²) in [5, 5.41) is 11.6. The number of benzene rings is 1. The van der Waals surface area contributed by atoms with Crippen molar-refractivity contribution in [1.82, 2.24) is 20.4 Å². The molecule has 0 radical (unpaired) electrons. The maximum Gasteiger partial charge on any atom is 0.247 e. The summed E-state index contributed by atoms with van der Waals surface area (Å²) in [6.45, 7) is 8.53. The molecule has 3 rings (SSSR count). The average Bonchev–Trinajstić information content (AvgIpc) is 3.05. The van der Waals surface area contributed by atoms with E-state index < -0.39 is 0 Å². The van der Waals surface area contributed by atoms with Gasteiger partial charge in [-0.15, -0.1) is 10.2 Å². The molecule has 6 heteroatoms. The number of rotatable bonds is 7. The van der Waals surface area contributed by atoms with Crippen molar-refractivity contribution in [2.24, 2.45) is 0 Å². The lowest BCUT2D eigenvalue weighted by Crippen LogP contribution is -2.37. The summed E-state index contributed by atoms with van der Waals surface area (Å²) in [5.74, 6) is 1.21. The summed E-state index contributed by atoms with van der Waals surface area (Å²) in [6, 6.07) is 8.09. The molecule has 6 nitrogen and oxygen atoms in total. The monoisotopic (exact) mass is 316 g/mol. The van der Waals surface area contributed by atoms with Crippen LogP contribution >= 0.6 is 0 Å². The molecule has 1 N–H and O–H groups in total. The summed E-state index contributed by atoms with van der Waals surface area (Å²) in [5.41, 5.74) is 2.18. The SMILES string of the molecule is Cc1ccc(-c2nnc(CNCCCN3CCOCC3)o2)cc1. The third kappa shape index (κ3) is 4.86. The number of aromatic nitrogens is 2. The van der Waals surface area contributed by atoms with Crippen LogP contribution in [0, 0.1) is 6.92 Å². The van der Waals surface area contributed by atoms with Gasteiger partial charge in [-0.2, -0.15) is 0 Å². The van der Waals surface area contributed by atoms with E-state index in [4.69, 9.17) is 9.15 Å². The number of hydrogen-bond acceptors (Lipinski definition) is 6. The van der Waals surface area contributed by atoms with Crippen LogP contribution in [0.25, 0.3) is 11.5 Å². The zero-order valence-corrected chi connectivity index (χ0v) is 13.6. The van der Waals surface area contributed by atoms with E-state index in [-0.39, 0.29) is 0 Å². The van der Waals surface area contributed by atoms with Crippen LogP contribution in [0.3, 0.4) is 0 Å². The van der Waals surface area contributed by atoms with Gasteiger partial charge >= 0.3 is 0 Å². The molecule has 1 aromatic carbocycles. The summed E-state index contributed by atoms with van der Waals surface area (Å²) in [6.07, 6.45) is 1.11. The van der Waals surface area contributed by atoms with Gasteiger partial charge in [0.2, 0.25) is 11.8 Å². The fourth-order valence-electron chi connectivity index (χ4n) is 2.59. The first-order valence-corrected chi connectivity index (χ1v) is 8.21. The molecular formula is C17H24N4O2. The minimum atomic E-state index is 0.579. The van der Waals surface area contributed by atoms with E-state index in [1.807, 2.05) is 24.3 Å². The number of morpholine rings is 1. The Hall–Kier alpha value is -1.76. The van der Waals surface area contributed by atoms with Crippen LogP contribution in [0.1, 0.15) is 17.9 Å². The van der Waals surface area contributed by atoms with Crippen molar-refractivity contribution in [1.29, 1.82) is 0 Å². The van der Waals surface area contributed by atoms with Crippen molar-refractivity contribution < 1.29 is 9.15 Å². The minimum absolute atomic E-state index is 0.579. The Balaban J connectivity index is 1.38. The van der Waals surface area contributed by atoms with Crippen molar-refractivity contribution >= 4 is 0 Å². The highest BCUT2D eigenvalue weighted by Crippen LogP contribution is 2.18. The van der Waals surface area contributed by atoms with Gasteiger partial charge < -0.3 is 14.5 Å². The van der Waals surface area contributed by atoms with Crippen LogP contribution < -0.4 is 5.32 Å². The first-order valence-electron chi connectivity index (χ1n) is 8.21. The van der Waals surface area contributed by atoms with Crippen LogP contribution in [0.5, 0.6) is 0 Å². The van der Waals surface area contributed by atoms with E-state index in [0.29, 0.717) is 18.3 Å². The summed E-state index contributed by atoms with van der Waals surface area (Å²) in [4.78, 5) is 2.44. The molecule has 0 amide bonds. The molecule has 23 heavy (non-hydrogen) atoms. The second-order valence-corrected chi connectivity index (χ2v) is 5.85. The fourth-order valence-corrected chi connectivity index (χ4v) is 2.59. The van der Waals surface area contributed by atoms with Gasteiger partial charge in [0.15, 0.2) is 0 Å². The molecule has 0 spiro atoms. The maximum atomic E-state index is 5.69. The number of aryl methyl sites for hydroxylation is 1. The van der Waals surface area contributed by atoms with Crippen LogP contribution in [-0.2, 0) is 11.3 Å². The predicted octanol–water partition coefficient (Wildman–Crippen LogP) is 1.86. The largest absolute Gasteiger partial charge is 0.419 e. The quantitative estimate of drug-likeness (QED) is 0.787. The Morgan fingerprint density at radius 2 is 1.91 bits per heavy atom. The van der Waals surface area contributed by atoms with Crippen molar-refractivity contribution in [3.8, 4) is 11.5 Å². The molecule has 1 fully saturated rings. The van der Waals surface area contributed by atoms with Gasteiger partial charge in [0, 0.05) is 18.7 Å². The van der Waals surface area contributed by atoms with Crippen molar-refractivity contribution in [3.63, 3.8) is 0 Å². The smallest absolute Gasteiger partial charge is 0.247 e. The first kappa shape index (κ1) is 16.1. The second kappa shape index (κ2) is 8.19. The topological polar surface area (TPSA) is 63.4 Å². The van der Waals surface area contributed by atoms with Gasteiger partial charge in [-0.3, -0.25) is 4.90 Å². The number of hydrogen-bond donors (Lipinski definition) is 1. The highest BCUT2D eigenvalue weighted by Gasteiger charge is 2.10. The normalized spacial score (nSPS) is 15.9.